The lowest BCUT2D eigenvalue weighted by Crippen LogP contribution is -2.35. The second-order valence-corrected chi connectivity index (χ2v) is 8.82. The Morgan fingerprint density at radius 1 is 1.00 bits per heavy atom. The van der Waals surface area contributed by atoms with Crippen LogP contribution >= 0.6 is 0 Å². The molecule has 0 saturated heterocycles. The summed E-state index contributed by atoms with van der Waals surface area (Å²) in [6, 6.07) is 0.771. The van der Waals surface area contributed by atoms with Crippen LogP contribution in [0.2, 0.25) is 0 Å². The van der Waals surface area contributed by atoms with E-state index in [0.717, 1.165) is 44.9 Å². The summed E-state index contributed by atoms with van der Waals surface area (Å²) in [5.41, 5.74) is 0.0888. The molecular formula is C21H42N2O. The number of nitrogens with one attached hydrogen (secondary N) is 1. The first-order valence-electron chi connectivity index (χ1n) is 10.4. The van der Waals surface area contributed by atoms with Crippen molar-refractivity contribution in [2.24, 2.45) is 5.41 Å². The number of rotatable bonds is 11. The van der Waals surface area contributed by atoms with E-state index in [-0.39, 0.29) is 5.41 Å². The average molecular weight is 339 g/mol. The van der Waals surface area contributed by atoms with E-state index in [4.69, 9.17) is 0 Å². The van der Waals surface area contributed by atoms with Gasteiger partial charge in [-0.2, -0.15) is 0 Å². The van der Waals surface area contributed by atoms with Crippen molar-refractivity contribution in [2.45, 2.75) is 104 Å². The van der Waals surface area contributed by atoms with Gasteiger partial charge < -0.3 is 10.2 Å². The Bertz CT molecular complexity index is 329. The molecular weight excluding hydrogens is 296 g/mol. The molecule has 0 atom stereocenters. The molecule has 142 valence electrons. The number of hydrogen-bond donors (Lipinski definition) is 1. The summed E-state index contributed by atoms with van der Waals surface area (Å²) in [4.78, 5) is 14.6. The zero-order valence-corrected chi connectivity index (χ0v) is 16.8. The van der Waals surface area contributed by atoms with Crippen LogP contribution in [-0.2, 0) is 4.79 Å². The summed E-state index contributed by atoms with van der Waals surface area (Å²) in [6.45, 7) is 11.7. The van der Waals surface area contributed by atoms with Gasteiger partial charge in [-0.1, -0.05) is 59.8 Å². The molecule has 1 rings (SSSR count). The van der Waals surface area contributed by atoms with Crippen molar-refractivity contribution in [1.82, 2.24) is 10.2 Å². The molecule has 0 aromatic rings. The van der Waals surface area contributed by atoms with Crippen molar-refractivity contribution in [2.75, 3.05) is 19.6 Å². The molecule has 1 amide bonds. The van der Waals surface area contributed by atoms with Gasteiger partial charge in [-0.05, 0) is 44.1 Å². The minimum atomic E-state index is 0.0888. The van der Waals surface area contributed by atoms with Gasteiger partial charge in [0.2, 0.25) is 5.91 Å². The second kappa shape index (κ2) is 11.9. The van der Waals surface area contributed by atoms with Crippen molar-refractivity contribution < 1.29 is 4.79 Å². The summed E-state index contributed by atoms with van der Waals surface area (Å²) in [6.07, 6.45) is 13.5. The molecule has 0 radical (unpaired) electrons. The van der Waals surface area contributed by atoms with E-state index in [0.29, 0.717) is 12.3 Å². The molecule has 0 aliphatic heterocycles. The number of unbranched alkanes of at least 4 members (excludes halogenated alkanes) is 3. The number of carbonyl (C=O) groups excluding carboxylic acids is 1. The van der Waals surface area contributed by atoms with Gasteiger partial charge in [-0.25, -0.2) is 0 Å². The predicted octanol–water partition coefficient (Wildman–Crippen LogP) is 5.14. The third-order valence-electron chi connectivity index (χ3n) is 4.96. The molecule has 1 N–H and O–H groups in total. The van der Waals surface area contributed by atoms with Gasteiger partial charge in [-0.3, -0.25) is 4.79 Å². The molecule has 0 unspecified atom stereocenters. The first kappa shape index (κ1) is 21.5. The molecule has 0 aromatic heterocycles. The Kier molecular flexibility index (Phi) is 10.6. The average Bonchev–Trinajstić information content (AvgIpc) is 2.52. The quantitative estimate of drug-likeness (QED) is 0.529. The van der Waals surface area contributed by atoms with Gasteiger partial charge in [-0.15, -0.1) is 0 Å². The zero-order chi connectivity index (χ0) is 17.8. The Morgan fingerprint density at radius 3 is 2.29 bits per heavy atom. The molecule has 1 aliphatic rings. The maximum absolute atomic E-state index is 12.5. The van der Waals surface area contributed by atoms with E-state index in [9.17, 15) is 4.79 Å². The molecule has 1 aliphatic carbocycles. The van der Waals surface area contributed by atoms with Gasteiger partial charge in [0.05, 0.1) is 0 Å². The van der Waals surface area contributed by atoms with Crippen LogP contribution in [0.4, 0.5) is 0 Å². The fourth-order valence-electron chi connectivity index (χ4n) is 3.49. The fraction of sp³-hybridized carbons (Fsp3) is 0.952. The van der Waals surface area contributed by atoms with Gasteiger partial charge in [0.25, 0.3) is 0 Å². The lowest BCUT2D eigenvalue weighted by Gasteiger charge is -2.27. The fourth-order valence-corrected chi connectivity index (χ4v) is 3.49. The lowest BCUT2D eigenvalue weighted by atomic mass is 9.91. The molecule has 1 saturated carbocycles. The monoisotopic (exact) mass is 338 g/mol. The number of nitrogens with zero attached hydrogens (tertiary/aromatic N) is 1. The third kappa shape index (κ3) is 10.3. The maximum Gasteiger partial charge on any atom is 0.223 e. The third-order valence-corrected chi connectivity index (χ3v) is 4.96. The summed E-state index contributed by atoms with van der Waals surface area (Å²) in [5, 5.41) is 3.72. The van der Waals surface area contributed by atoms with E-state index >= 15 is 0 Å². The first-order chi connectivity index (χ1) is 11.4. The van der Waals surface area contributed by atoms with Crippen molar-refractivity contribution in [3.63, 3.8) is 0 Å². The van der Waals surface area contributed by atoms with E-state index in [2.05, 4.69) is 37.9 Å². The van der Waals surface area contributed by atoms with Crippen LogP contribution in [0, 0.1) is 5.41 Å². The predicted molar refractivity (Wildman–Crippen MR) is 104 cm³/mol. The summed E-state index contributed by atoms with van der Waals surface area (Å²) >= 11 is 0. The molecule has 3 nitrogen and oxygen atoms in total. The van der Waals surface area contributed by atoms with Crippen LogP contribution in [0.5, 0.6) is 0 Å². The van der Waals surface area contributed by atoms with Crippen LogP contribution in [-0.4, -0.2) is 36.5 Å². The van der Waals surface area contributed by atoms with E-state index in [1.807, 2.05) is 0 Å². The smallest absolute Gasteiger partial charge is 0.223 e. The summed E-state index contributed by atoms with van der Waals surface area (Å²) < 4.78 is 0. The lowest BCUT2D eigenvalue weighted by molar-refractivity contribution is -0.133. The number of hydrogen-bond acceptors (Lipinski definition) is 2. The maximum atomic E-state index is 12.5. The highest BCUT2D eigenvalue weighted by molar-refractivity contribution is 5.76. The molecule has 1 fully saturated rings. The molecule has 0 aromatic carbocycles. The van der Waals surface area contributed by atoms with Crippen LogP contribution in [0.25, 0.3) is 0 Å². The molecule has 3 heteroatoms. The van der Waals surface area contributed by atoms with Crippen molar-refractivity contribution in [1.29, 1.82) is 0 Å². The Balaban J connectivity index is 2.17. The van der Waals surface area contributed by atoms with Crippen molar-refractivity contribution in [3.8, 4) is 0 Å². The number of amides is 1. The Labute approximate surface area is 151 Å². The highest BCUT2D eigenvalue weighted by Crippen LogP contribution is 2.20. The summed E-state index contributed by atoms with van der Waals surface area (Å²) in [7, 11) is 0. The van der Waals surface area contributed by atoms with E-state index < -0.39 is 0 Å². The minimum Gasteiger partial charge on any atom is -0.343 e. The van der Waals surface area contributed by atoms with Gasteiger partial charge in [0, 0.05) is 25.6 Å². The standard InChI is InChI=1S/C21H42N2O/c1-5-6-16-23(20(24)18-21(2,3)4)17-12-8-11-15-22-19-13-9-7-10-14-19/h19,22H,5-18H2,1-4H3. The summed E-state index contributed by atoms with van der Waals surface area (Å²) in [5.74, 6) is 0.344. The highest BCUT2D eigenvalue weighted by Gasteiger charge is 2.20. The highest BCUT2D eigenvalue weighted by atomic mass is 16.2. The largest absolute Gasteiger partial charge is 0.343 e. The van der Waals surface area contributed by atoms with Crippen molar-refractivity contribution in [3.05, 3.63) is 0 Å². The molecule has 0 heterocycles. The van der Waals surface area contributed by atoms with Gasteiger partial charge >= 0.3 is 0 Å². The molecule has 0 spiro atoms. The van der Waals surface area contributed by atoms with Crippen molar-refractivity contribution >= 4 is 5.91 Å². The van der Waals surface area contributed by atoms with Gasteiger partial charge in [0.1, 0.15) is 0 Å². The zero-order valence-electron chi connectivity index (χ0n) is 16.8. The molecule has 0 bridgehead atoms. The van der Waals surface area contributed by atoms with Crippen LogP contribution in [0.15, 0.2) is 0 Å². The van der Waals surface area contributed by atoms with E-state index in [1.54, 1.807) is 0 Å². The Hall–Kier alpha value is -0.570. The normalized spacial score (nSPS) is 16.3. The first-order valence-corrected chi connectivity index (χ1v) is 10.4. The van der Waals surface area contributed by atoms with Crippen LogP contribution in [0.1, 0.15) is 98.3 Å². The topological polar surface area (TPSA) is 32.3 Å². The van der Waals surface area contributed by atoms with Crippen LogP contribution in [0.3, 0.4) is 0 Å². The van der Waals surface area contributed by atoms with Crippen LogP contribution < -0.4 is 5.32 Å². The van der Waals surface area contributed by atoms with E-state index in [1.165, 1.54) is 44.9 Å². The Morgan fingerprint density at radius 2 is 1.67 bits per heavy atom. The number of carbonyl (C=O) groups is 1. The minimum absolute atomic E-state index is 0.0888. The second-order valence-electron chi connectivity index (χ2n) is 8.82. The SMILES string of the molecule is CCCCN(CCCCCNC1CCCCC1)C(=O)CC(C)(C)C. The molecule has 24 heavy (non-hydrogen) atoms. The van der Waals surface area contributed by atoms with Gasteiger partial charge in [0.15, 0.2) is 0 Å².